The summed E-state index contributed by atoms with van der Waals surface area (Å²) >= 11 is 0. The molecule has 11 aromatic rings. The number of aryl methyl sites for hydroxylation is 6. The maximum Gasteiger partial charge on any atom is 0.248 e. The minimum absolute atomic E-state index is 0.469. The second kappa shape index (κ2) is 35.5. The molecule has 7 nitrogen and oxygen atoms in total. The third-order valence-electron chi connectivity index (χ3n) is 22.9. The second-order valence-electron chi connectivity index (χ2n) is 30.9. The van der Waals surface area contributed by atoms with Crippen molar-refractivity contribution >= 4 is 0 Å². The van der Waals surface area contributed by atoms with Gasteiger partial charge in [0.25, 0.3) is 0 Å². The summed E-state index contributed by atoms with van der Waals surface area (Å²) in [5.74, 6) is 4.21. The van der Waals surface area contributed by atoms with Crippen molar-refractivity contribution in [2.75, 3.05) is 26.4 Å². The maximum absolute atomic E-state index is 7.00. The Morgan fingerprint density at radius 3 is 1.21 bits per heavy atom. The van der Waals surface area contributed by atoms with E-state index in [2.05, 4.69) is 263 Å². The van der Waals surface area contributed by atoms with Crippen LogP contribution in [0.4, 0.5) is 0 Å². The largest absolute Gasteiger partial charge is 0.490 e. The van der Waals surface area contributed by atoms with Gasteiger partial charge in [-0.1, -0.05) is 299 Å². The van der Waals surface area contributed by atoms with Crippen molar-refractivity contribution in [3.63, 3.8) is 0 Å². The highest BCUT2D eigenvalue weighted by atomic mass is 16.5. The van der Waals surface area contributed by atoms with E-state index in [0.717, 1.165) is 131 Å². The van der Waals surface area contributed by atoms with Crippen LogP contribution in [-0.2, 0) is 10.8 Å². The van der Waals surface area contributed by atoms with Crippen molar-refractivity contribution in [3.8, 4) is 90.4 Å². The number of fused-ring (bicyclic) bond motifs is 6. The molecule has 7 heteroatoms. The number of rotatable bonds is 38. The van der Waals surface area contributed by atoms with E-state index >= 15 is 0 Å². The Balaban J connectivity index is 0.830. The molecule has 0 saturated carbocycles. The highest BCUT2D eigenvalue weighted by molar-refractivity contribution is 5.91. The number of hydrogen-bond donors (Lipinski definition) is 0. The van der Waals surface area contributed by atoms with Gasteiger partial charge in [0.05, 0.1) is 37.3 Å². The zero-order valence-electron chi connectivity index (χ0n) is 65.8. The smallest absolute Gasteiger partial charge is 0.248 e. The lowest BCUT2D eigenvalue weighted by atomic mass is 9.65. The number of aromatic nitrogens is 2. The fourth-order valence-corrected chi connectivity index (χ4v) is 17.0. The Morgan fingerprint density at radius 1 is 0.262 bits per heavy atom. The zero-order valence-corrected chi connectivity index (χ0v) is 65.8. The molecule has 0 N–H and O–H groups in total. The van der Waals surface area contributed by atoms with Gasteiger partial charge < -0.3 is 23.4 Å². The molecular weight excluding hydrogens is 1310 g/mol. The van der Waals surface area contributed by atoms with Crippen LogP contribution in [0.1, 0.15) is 247 Å². The molecule has 0 saturated heterocycles. The highest BCUT2D eigenvalue weighted by Crippen LogP contribution is 2.60. The lowest BCUT2D eigenvalue weighted by Gasteiger charge is -2.36. The van der Waals surface area contributed by atoms with Gasteiger partial charge in [-0.15, -0.1) is 10.2 Å². The summed E-state index contributed by atoms with van der Waals surface area (Å²) in [5, 5.41) is 9.60. The topological polar surface area (TPSA) is 75.8 Å². The van der Waals surface area contributed by atoms with E-state index in [1.807, 2.05) is 0 Å². The van der Waals surface area contributed by atoms with Gasteiger partial charge >= 0.3 is 0 Å². The molecule has 0 spiro atoms. The highest BCUT2D eigenvalue weighted by Gasteiger charge is 2.49. The first-order chi connectivity index (χ1) is 52.4. The van der Waals surface area contributed by atoms with E-state index in [4.69, 9.17) is 33.6 Å². The average Bonchev–Trinajstić information content (AvgIpc) is 1.55. The molecular formula is C100H114N2O5. The fourth-order valence-electron chi connectivity index (χ4n) is 17.0. The molecule has 10 aromatic carbocycles. The molecule has 2 aliphatic carbocycles. The Labute approximate surface area is 640 Å². The van der Waals surface area contributed by atoms with Crippen molar-refractivity contribution in [2.24, 2.45) is 0 Å². The molecule has 2 atom stereocenters. The first-order valence-electron chi connectivity index (χ1n) is 40.9. The normalized spacial score (nSPS) is 14.7. The van der Waals surface area contributed by atoms with Gasteiger partial charge in [0.1, 0.15) is 0 Å². The summed E-state index contributed by atoms with van der Waals surface area (Å²) in [7, 11) is 0. The Kier molecular flexibility index (Phi) is 25.1. The molecule has 1 aromatic heterocycles. The van der Waals surface area contributed by atoms with Crippen LogP contribution in [-0.4, -0.2) is 36.6 Å². The van der Waals surface area contributed by atoms with Gasteiger partial charge in [0, 0.05) is 11.1 Å². The van der Waals surface area contributed by atoms with E-state index in [1.54, 1.807) is 0 Å². The first-order valence-corrected chi connectivity index (χ1v) is 40.9. The molecule has 0 radical (unpaired) electrons. The summed E-state index contributed by atoms with van der Waals surface area (Å²) in [6, 6.07) is 73.1. The SMILES string of the molecule is CCCCCCCCCCOc1ccc(C2(c3cc(C)ccc3C)c3cc(C)ccc3-c3ccc(-c4ccc(-c5nnc(-c6ccc(C)c(-c7ccc8c(c7)C(c7ccccc7)(c7ccc(OCCCCC)c(OCCCCC)c7)c7cc(C)ccc7-8)c6)o5)c(C)c4)cc32)cc1OCCCCCCCCCC. The zero-order chi connectivity index (χ0) is 74.3. The van der Waals surface area contributed by atoms with Crippen molar-refractivity contribution < 1.29 is 23.4 Å². The fraction of sp³-hybridized carbons (Fsp3) is 0.380. The van der Waals surface area contributed by atoms with Crippen LogP contribution in [0.15, 0.2) is 199 Å². The molecule has 0 bridgehead atoms. The first kappa shape index (κ1) is 75.8. The number of nitrogens with zero attached hydrogens (tertiary/aromatic N) is 2. The Hall–Kier alpha value is -9.46. The lowest BCUT2D eigenvalue weighted by Crippen LogP contribution is -2.30. The van der Waals surface area contributed by atoms with Gasteiger partial charge in [-0.05, 0) is 228 Å². The molecule has 554 valence electrons. The van der Waals surface area contributed by atoms with Gasteiger partial charge in [-0.3, -0.25) is 0 Å². The number of hydrogen-bond acceptors (Lipinski definition) is 7. The number of ether oxygens (including phenoxy) is 4. The second-order valence-corrected chi connectivity index (χ2v) is 30.9. The molecule has 107 heavy (non-hydrogen) atoms. The average molecular weight is 1420 g/mol. The molecule has 2 unspecified atom stereocenters. The molecule has 1 heterocycles. The molecule has 0 amide bonds. The quantitative estimate of drug-likeness (QED) is 0.0357. The van der Waals surface area contributed by atoms with Crippen LogP contribution >= 0.6 is 0 Å². The van der Waals surface area contributed by atoms with Crippen molar-refractivity contribution in [1.29, 1.82) is 0 Å². The minimum atomic E-state index is -0.678. The molecule has 2 aliphatic rings. The van der Waals surface area contributed by atoms with E-state index in [-0.39, 0.29) is 0 Å². The van der Waals surface area contributed by atoms with Crippen molar-refractivity contribution in [1.82, 2.24) is 10.2 Å². The van der Waals surface area contributed by atoms with Crippen molar-refractivity contribution in [3.05, 3.63) is 272 Å². The van der Waals surface area contributed by atoms with Crippen LogP contribution in [0.5, 0.6) is 23.0 Å². The maximum atomic E-state index is 7.00. The van der Waals surface area contributed by atoms with Gasteiger partial charge in [0.2, 0.25) is 11.8 Å². The predicted octanol–water partition coefficient (Wildman–Crippen LogP) is 27.5. The van der Waals surface area contributed by atoms with E-state index in [9.17, 15) is 0 Å². The summed E-state index contributed by atoms with van der Waals surface area (Å²) in [6.07, 6.45) is 26.5. The van der Waals surface area contributed by atoms with E-state index in [1.165, 1.54) is 167 Å². The summed E-state index contributed by atoms with van der Waals surface area (Å²) < 4.78 is 33.9. The summed E-state index contributed by atoms with van der Waals surface area (Å²) in [5.41, 5.74) is 26.7. The van der Waals surface area contributed by atoms with Crippen LogP contribution in [0.3, 0.4) is 0 Å². The van der Waals surface area contributed by atoms with Gasteiger partial charge in [-0.2, -0.15) is 0 Å². The minimum Gasteiger partial charge on any atom is -0.490 e. The van der Waals surface area contributed by atoms with Crippen LogP contribution in [0.2, 0.25) is 0 Å². The van der Waals surface area contributed by atoms with E-state index < -0.39 is 10.8 Å². The van der Waals surface area contributed by atoms with Crippen LogP contribution < -0.4 is 18.9 Å². The Bertz CT molecular complexity index is 4830. The predicted molar refractivity (Wildman–Crippen MR) is 445 cm³/mol. The van der Waals surface area contributed by atoms with Gasteiger partial charge in [-0.25, -0.2) is 0 Å². The van der Waals surface area contributed by atoms with Crippen molar-refractivity contribution in [2.45, 2.75) is 221 Å². The third kappa shape index (κ3) is 16.2. The van der Waals surface area contributed by atoms with Gasteiger partial charge in [0.15, 0.2) is 23.0 Å². The molecule has 0 fully saturated rings. The molecule has 0 aliphatic heterocycles. The van der Waals surface area contributed by atoms with E-state index in [0.29, 0.717) is 38.2 Å². The van der Waals surface area contributed by atoms with Crippen LogP contribution in [0, 0.1) is 41.5 Å². The molecule has 13 rings (SSSR count). The number of unbranched alkanes of at least 4 members (excludes halogenated alkanes) is 18. The standard InChI is InChI=1S/C100H114N2O5/c1-11-15-19-21-23-25-27-34-58-104-94-55-48-81(68-96(94)106-59-35-28-26-24-22-20-16-12-2)100(88-60-69(5)38-41-73(88)9)90-62-71(7)40-50-84(90)86-52-45-76(65-92(86)100)75-44-51-82(74(10)63-75)98-102-101-97(107-98)78-43-42-72(8)87(64-78)77-46-53-85-83-49-39-70(6)61-89(83)99(91(85)66-77,79-36-30-29-31-37-79)80-47-54-93(103-56-32-17-13-3)95(67-80)105-57-33-18-14-4/h29-31,36-55,60-68H,11-28,32-35,56-59H2,1-10H3. The number of benzene rings is 10. The monoisotopic (exact) mass is 1420 g/mol. The lowest BCUT2D eigenvalue weighted by molar-refractivity contribution is 0.258. The van der Waals surface area contributed by atoms with Crippen LogP contribution in [0.25, 0.3) is 67.4 Å². The Morgan fingerprint density at radius 2 is 0.654 bits per heavy atom. The summed E-state index contributed by atoms with van der Waals surface area (Å²) in [4.78, 5) is 0. The third-order valence-corrected chi connectivity index (χ3v) is 22.9. The summed E-state index contributed by atoms with van der Waals surface area (Å²) in [6.45, 7) is 25.0.